The first-order chi connectivity index (χ1) is 27.3. The second kappa shape index (κ2) is 13.5. The molecule has 10 heteroatoms. The summed E-state index contributed by atoms with van der Waals surface area (Å²) in [6.45, 7) is 0. The van der Waals surface area contributed by atoms with Crippen LogP contribution in [0.1, 0.15) is 41.4 Å². The molecule has 2 aliphatic heterocycles. The van der Waals surface area contributed by atoms with E-state index in [0.717, 1.165) is 0 Å². The summed E-state index contributed by atoms with van der Waals surface area (Å²) in [5, 5.41) is 0. The van der Waals surface area contributed by atoms with Crippen LogP contribution in [-0.4, -0.2) is 23.6 Å². The number of para-hydroxylation sites is 8. The highest BCUT2D eigenvalue weighted by molar-refractivity contribution is 6.25. The lowest BCUT2D eigenvalue weighted by molar-refractivity contribution is 0.0980. The van der Waals surface area contributed by atoms with Crippen molar-refractivity contribution in [2.24, 2.45) is 0 Å². The number of nitrogen functional groups attached to an aromatic ring is 2. The van der Waals surface area contributed by atoms with Crippen molar-refractivity contribution in [3.8, 4) is 0 Å². The van der Waals surface area contributed by atoms with E-state index < -0.39 is 0 Å². The molecule has 0 saturated heterocycles. The second-order valence-electron chi connectivity index (χ2n) is 13.3. The third-order valence-corrected chi connectivity index (χ3v) is 9.94. The quantitative estimate of drug-likeness (QED) is 0.173. The summed E-state index contributed by atoms with van der Waals surface area (Å²) in [6.07, 6.45) is 0. The van der Waals surface area contributed by atoms with Gasteiger partial charge in [0.15, 0.2) is 0 Å². The van der Waals surface area contributed by atoms with E-state index in [1.165, 1.54) is 0 Å². The largest absolute Gasteiger partial charge is 0.399 e. The average molecular weight is 733 g/mol. The fraction of sp³-hybridized carbons (Fsp3) is 0. The fourth-order valence-corrected chi connectivity index (χ4v) is 7.32. The Bertz CT molecular complexity index is 2450. The minimum Gasteiger partial charge on any atom is -0.399 e. The molecule has 0 unspecified atom stereocenters. The minimum absolute atomic E-state index is 0.262. The molecule has 0 atom stereocenters. The lowest BCUT2D eigenvalue weighted by Gasteiger charge is -2.38. The van der Waals surface area contributed by atoms with E-state index in [9.17, 15) is 19.2 Å². The van der Waals surface area contributed by atoms with E-state index in [1.54, 1.807) is 141 Å². The van der Waals surface area contributed by atoms with Gasteiger partial charge in [-0.05, 0) is 115 Å². The first kappa shape index (κ1) is 33.8. The number of benzene rings is 7. The molecule has 0 aliphatic carbocycles. The zero-order valence-corrected chi connectivity index (χ0v) is 29.7. The molecule has 0 aromatic heterocycles. The Kier molecular flexibility index (Phi) is 8.13. The van der Waals surface area contributed by atoms with Crippen LogP contribution in [0.15, 0.2) is 170 Å². The van der Waals surface area contributed by atoms with Crippen LogP contribution in [0.3, 0.4) is 0 Å². The van der Waals surface area contributed by atoms with Crippen LogP contribution in [0.5, 0.6) is 0 Å². The molecule has 0 bridgehead atoms. The van der Waals surface area contributed by atoms with Crippen molar-refractivity contribution in [1.29, 1.82) is 0 Å². The summed E-state index contributed by atoms with van der Waals surface area (Å²) in [4.78, 5) is 64.1. The number of carbonyl (C=O) groups is 4. The van der Waals surface area contributed by atoms with Crippen molar-refractivity contribution < 1.29 is 19.2 Å². The highest BCUT2D eigenvalue weighted by Gasteiger charge is 2.38. The van der Waals surface area contributed by atoms with Gasteiger partial charge in [0, 0.05) is 33.6 Å². The Morgan fingerprint density at radius 1 is 0.286 bits per heavy atom. The van der Waals surface area contributed by atoms with Crippen LogP contribution in [-0.2, 0) is 0 Å². The maximum Gasteiger partial charge on any atom is 0.262 e. The van der Waals surface area contributed by atoms with E-state index >= 15 is 0 Å². The van der Waals surface area contributed by atoms with E-state index in [4.69, 9.17) is 11.5 Å². The van der Waals surface area contributed by atoms with Gasteiger partial charge in [-0.1, -0.05) is 54.6 Å². The van der Waals surface area contributed by atoms with Crippen molar-refractivity contribution in [2.75, 3.05) is 31.1 Å². The highest BCUT2D eigenvalue weighted by Crippen LogP contribution is 2.50. The Labute approximate surface area is 322 Å². The normalized spacial score (nSPS) is 12.6. The lowest BCUT2D eigenvalue weighted by atomic mass is 10.0. The number of nitrogens with two attached hydrogens (primary N) is 2. The smallest absolute Gasteiger partial charge is 0.262 e. The molecule has 0 radical (unpaired) electrons. The molecule has 56 heavy (non-hydrogen) atoms. The second-order valence-corrected chi connectivity index (χ2v) is 13.3. The molecule has 2 aliphatic rings. The Morgan fingerprint density at radius 3 is 0.768 bits per heavy atom. The Hall–Kier alpha value is -7.98. The molecule has 0 spiro atoms. The lowest BCUT2D eigenvalue weighted by Crippen LogP contribution is -2.37. The molecular weight excluding hydrogens is 701 g/mol. The number of fused-ring (bicyclic) bond motifs is 4. The van der Waals surface area contributed by atoms with Crippen LogP contribution in [0.4, 0.5) is 56.9 Å². The summed E-state index contributed by atoms with van der Waals surface area (Å²) in [5.74, 6) is -1.33. The van der Waals surface area contributed by atoms with Gasteiger partial charge in [-0.3, -0.25) is 38.8 Å². The van der Waals surface area contributed by atoms with Gasteiger partial charge >= 0.3 is 0 Å². The molecule has 2 heterocycles. The summed E-state index contributed by atoms with van der Waals surface area (Å²) in [6, 6.07) is 48.9. The van der Waals surface area contributed by atoms with Gasteiger partial charge in [0.2, 0.25) is 0 Å². The number of anilines is 10. The van der Waals surface area contributed by atoms with Crippen LogP contribution in [0, 0.1) is 0 Å². The molecule has 4 N–H and O–H groups in total. The van der Waals surface area contributed by atoms with Gasteiger partial charge in [-0.2, -0.15) is 0 Å². The molecule has 0 fully saturated rings. The predicted octanol–water partition coefficient (Wildman–Crippen LogP) is 9.39. The van der Waals surface area contributed by atoms with Crippen molar-refractivity contribution >= 4 is 80.5 Å². The van der Waals surface area contributed by atoms with E-state index in [2.05, 4.69) is 0 Å². The fourth-order valence-electron chi connectivity index (χ4n) is 7.32. The third-order valence-electron chi connectivity index (χ3n) is 9.94. The zero-order chi connectivity index (χ0) is 38.5. The highest BCUT2D eigenvalue weighted by atomic mass is 16.2. The number of rotatable bonds is 4. The summed E-state index contributed by atoms with van der Waals surface area (Å²) < 4.78 is 0. The van der Waals surface area contributed by atoms with E-state index in [1.807, 2.05) is 48.5 Å². The Morgan fingerprint density at radius 2 is 0.518 bits per heavy atom. The molecule has 4 amide bonds. The number of amides is 4. The SMILES string of the molecule is Nc1ccc(C(=O)N2c3ccccc3N(C(=O)c3cccc(C(=O)N4c5ccccc5N(C(=O)c5ccc(N)cc5)c5ccccc54)c3)c3ccccc32)cc1. The first-order valence-electron chi connectivity index (χ1n) is 17.9. The van der Waals surface area contributed by atoms with Gasteiger partial charge in [-0.15, -0.1) is 0 Å². The maximum absolute atomic E-state index is 14.8. The topological polar surface area (TPSA) is 133 Å². The standard InChI is InChI=1S/C46H32N6O4/c47-33-24-20-29(21-25-33)43(53)49-35-12-1-5-16-39(35)51(40-17-6-2-13-36(40)49)45(55)31-10-9-11-32(28-31)46(56)52-41-18-7-3-14-37(41)50(38-15-4-8-19-42(38)52)44(54)30-22-26-34(48)27-23-30/h1-28H,47-48H2. The van der Waals surface area contributed by atoms with Crippen LogP contribution < -0.4 is 31.1 Å². The summed E-state index contributed by atoms with van der Waals surface area (Å²) >= 11 is 0. The van der Waals surface area contributed by atoms with Crippen molar-refractivity contribution in [3.63, 3.8) is 0 Å². The number of carbonyl (C=O) groups excluding carboxylic acids is 4. The number of nitrogens with zero attached hydrogens (tertiary/aromatic N) is 4. The molecule has 0 saturated carbocycles. The van der Waals surface area contributed by atoms with Crippen LogP contribution in [0.25, 0.3) is 0 Å². The molecule has 270 valence electrons. The first-order valence-corrected chi connectivity index (χ1v) is 17.9. The van der Waals surface area contributed by atoms with Crippen LogP contribution >= 0.6 is 0 Å². The maximum atomic E-state index is 14.8. The Balaban J connectivity index is 1.10. The zero-order valence-electron chi connectivity index (χ0n) is 29.7. The van der Waals surface area contributed by atoms with E-state index in [0.29, 0.717) is 68.0 Å². The monoisotopic (exact) mass is 732 g/mol. The number of hydrogen-bond donors (Lipinski definition) is 2. The molecular formula is C46H32N6O4. The van der Waals surface area contributed by atoms with Crippen molar-refractivity contribution in [3.05, 3.63) is 192 Å². The minimum atomic E-state index is -0.390. The third kappa shape index (κ3) is 5.52. The predicted molar refractivity (Wildman–Crippen MR) is 220 cm³/mol. The van der Waals surface area contributed by atoms with E-state index in [-0.39, 0.29) is 34.8 Å². The van der Waals surface area contributed by atoms with Gasteiger partial charge in [-0.25, -0.2) is 0 Å². The summed E-state index contributed by atoms with van der Waals surface area (Å²) in [5.41, 5.74) is 18.4. The van der Waals surface area contributed by atoms with Gasteiger partial charge in [0.1, 0.15) is 0 Å². The van der Waals surface area contributed by atoms with Crippen molar-refractivity contribution in [1.82, 2.24) is 0 Å². The van der Waals surface area contributed by atoms with Gasteiger partial charge in [0.25, 0.3) is 23.6 Å². The molecule has 10 nitrogen and oxygen atoms in total. The van der Waals surface area contributed by atoms with Gasteiger partial charge < -0.3 is 11.5 Å². The van der Waals surface area contributed by atoms with Crippen molar-refractivity contribution in [2.45, 2.75) is 0 Å². The molecule has 7 aromatic rings. The molecule has 9 rings (SSSR count). The molecule has 7 aromatic carbocycles. The van der Waals surface area contributed by atoms with Crippen LogP contribution in [0.2, 0.25) is 0 Å². The average Bonchev–Trinajstić information content (AvgIpc) is 3.24. The summed E-state index contributed by atoms with van der Waals surface area (Å²) in [7, 11) is 0. The number of hydrogen-bond acceptors (Lipinski definition) is 6. The van der Waals surface area contributed by atoms with Gasteiger partial charge in [0.05, 0.1) is 45.5 Å².